The van der Waals surface area contributed by atoms with E-state index in [1.807, 2.05) is 0 Å². The molecule has 0 atom stereocenters. The van der Waals surface area contributed by atoms with Crippen molar-refractivity contribution in [3.8, 4) is 0 Å². The first-order valence-electron chi connectivity index (χ1n) is 5.59. The van der Waals surface area contributed by atoms with Crippen LogP contribution in [0.1, 0.15) is 24.3 Å². The van der Waals surface area contributed by atoms with E-state index in [1.165, 1.54) is 0 Å². The lowest BCUT2D eigenvalue weighted by atomic mass is 10.2. The zero-order valence-electron chi connectivity index (χ0n) is 10.2. The molecule has 0 saturated carbocycles. The lowest BCUT2D eigenvalue weighted by Gasteiger charge is -2.08. The van der Waals surface area contributed by atoms with E-state index < -0.39 is 0 Å². The number of nitrogens with one attached hydrogen (secondary N) is 2. The van der Waals surface area contributed by atoms with Crippen LogP contribution in [0.4, 0.5) is 5.95 Å². The molecular weight excluding hydrogens is 216 g/mol. The highest BCUT2D eigenvalue weighted by molar-refractivity contribution is 5.92. The van der Waals surface area contributed by atoms with Gasteiger partial charge in [0.05, 0.1) is 0 Å². The summed E-state index contributed by atoms with van der Waals surface area (Å²) in [4.78, 5) is 19.8. The molecule has 0 aromatic carbocycles. The number of carbonyl (C=O) groups excluding carboxylic acids is 1. The van der Waals surface area contributed by atoms with Crippen molar-refractivity contribution in [3.63, 3.8) is 0 Å². The molecule has 0 spiro atoms. The quantitative estimate of drug-likeness (QED) is 0.731. The maximum atomic E-state index is 11.6. The Morgan fingerprint density at radius 3 is 3.00 bits per heavy atom. The Morgan fingerprint density at radius 1 is 1.59 bits per heavy atom. The van der Waals surface area contributed by atoms with Crippen LogP contribution in [0.2, 0.25) is 0 Å². The summed E-state index contributed by atoms with van der Waals surface area (Å²) < 4.78 is 0. The van der Waals surface area contributed by atoms with Crippen molar-refractivity contribution in [3.05, 3.63) is 30.6 Å². The molecule has 5 heteroatoms. The van der Waals surface area contributed by atoms with Crippen LogP contribution in [0.5, 0.6) is 0 Å². The van der Waals surface area contributed by atoms with Gasteiger partial charge in [-0.2, -0.15) is 0 Å². The van der Waals surface area contributed by atoms with Gasteiger partial charge < -0.3 is 10.6 Å². The summed E-state index contributed by atoms with van der Waals surface area (Å²) in [7, 11) is 0. The van der Waals surface area contributed by atoms with E-state index in [9.17, 15) is 4.79 Å². The summed E-state index contributed by atoms with van der Waals surface area (Å²) >= 11 is 0. The van der Waals surface area contributed by atoms with E-state index in [0.29, 0.717) is 24.1 Å². The van der Waals surface area contributed by atoms with Crippen molar-refractivity contribution in [2.45, 2.75) is 13.8 Å². The molecule has 0 unspecified atom stereocenters. The molecule has 1 aromatic rings. The van der Waals surface area contributed by atoms with Crippen molar-refractivity contribution in [2.24, 2.45) is 5.92 Å². The van der Waals surface area contributed by atoms with Gasteiger partial charge in [0, 0.05) is 19.3 Å². The molecule has 0 aliphatic heterocycles. The van der Waals surface area contributed by atoms with Gasteiger partial charge in [-0.25, -0.2) is 9.97 Å². The normalized spacial score (nSPS) is 10.1. The number of hydrogen-bond acceptors (Lipinski definition) is 4. The SMILES string of the molecule is C=CCNC(=O)c1ccnc(NCC(C)C)n1. The maximum absolute atomic E-state index is 11.6. The van der Waals surface area contributed by atoms with Crippen molar-refractivity contribution in [2.75, 3.05) is 18.4 Å². The Kier molecular flexibility index (Phi) is 5.13. The molecule has 2 N–H and O–H groups in total. The summed E-state index contributed by atoms with van der Waals surface area (Å²) in [5.74, 6) is 0.752. The average Bonchev–Trinajstić information content (AvgIpc) is 2.33. The van der Waals surface area contributed by atoms with Gasteiger partial charge >= 0.3 is 0 Å². The van der Waals surface area contributed by atoms with Gasteiger partial charge in [0.15, 0.2) is 0 Å². The molecule has 0 radical (unpaired) electrons. The van der Waals surface area contributed by atoms with Crippen LogP contribution >= 0.6 is 0 Å². The lowest BCUT2D eigenvalue weighted by Crippen LogP contribution is -2.24. The number of nitrogens with zero attached hydrogens (tertiary/aromatic N) is 2. The second-order valence-electron chi connectivity index (χ2n) is 4.04. The first kappa shape index (κ1) is 13.2. The van der Waals surface area contributed by atoms with Crippen LogP contribution in [-0.2, 0) is 0 Å². The van der Waals surface area contributed by atoms with Crippen LogP contribution in [0, 0.1) is 5.92 Å². The minimum Gasteiger partial charge on any atom is -0.354 e. The van der Waals surface area contributed by atoms with E-state index in [-0.39, 0.29) is 5.91 Å². The number of rotatable bonds is 6. The van der Waals surface area contributed by atoms with Gasteiger partial charge in [-0.05, 0) is 12.0 Å². The monoisotopic (exact) mass is 234 g/mol. The Labute approximate surface area is 101 Å². The number of amides is 1. The first-order valence-corrected chi connectivity index (χ1v) is 5.59. The summed E-state index contributed by atoms with van der Waals surface area (Å²) in [6, 6.07) is 1.58. The molecule has 1 amide bonds. The number of hydrogen-bond donors (Lipinski definition) is 2. The van der Waals surface area contributed by atoms with E-state index >= 15 is 0 Å². The molecule has 0 aliphatic rings. The Bertz CT molecular complexity index is 390. The fourth-order valence-electron chi connectivity index (χ4n) is 1.12. The second-order valence-corrected chi connectivity index (χ2v) is 4.04. The molecule has 1 rings (SSSR count). The molecule has 5 nitrogen and oxygen atoms in total. The highest BCUT2D eigenvalue weighted by Gasteiger charge is 2.07. The van der Waals surface area contributed by atoms with Crippen LogP contribution in [-0.4, -0.2) is 29.0 Å². The minimum atomic E-state index is -0.222. The van der Waals surface area contributed by atoms with Crippen LogP contribution in [0.3, 0.4) is 0 Å². The third-order valence-corrected chi connectivity index (χ3v) is 1.96. The zero-order valence-corrected chi connectivity index (χ0v) is 10.2. The smallest absolute Gasteiger partial charge is 0.270 e. The predicted octanol–water partition coefficient (Wildman–Crippen LogP) is 1.46. The highest BCUT2D eigenvalue weighted by Crippen LogP contribution is 2.02. The standard InChI is InChI=1S/C12H18N4O/c1-4-6-13-11(17)10-5-7-14-12(16-10)15-8-9(2)3/h4-5,7,9H,1,6,8H2,2-3H3,(H,13,17)(H,14,15,16). The van der Waals surface area contributed by atoms with Gasteiger partial charge in [-0.1, -0.05) is 19.9 Å². The summed E-state index contributed by atoms with van der Waals surface area (Å²) in [5, 5.41) is 5.74. The van der Waals surface area contributed by atoms with Gasteiger partial charge in [0.2, 0.25) is 5.95 Å². The van der Waals surface area contributed by atoms with Crippen molar-refractivity contribution in [1.82, 2.24) is 15.3 Å². The predicted molar refractivity (Wildman–Crippen MR) is 67.9 cm³/mol. The van der Waals surface area contributed by atoms with Gasteiger partial charge in [-0.3, -0.25) is 4.79 Å². The van der Waals surface area contributed by atoms with E-state index in [1.54, 1.807) is 18.3 Å². The molecule has 1 heterocycles. The van der Waals surface area contributed by atoms with Crippen LogP contribution < -0.4 is 10.6 Å². The molecule has 0 fully saturated rings. The molecule has 0 aliphatic carbocycles. The fourth-order valence-corrected chi connectivity index (χ4v) is 1.12. The molecule has 17 heavy (non-hydrogen) atoms. The summed E-state index contributed by atoms with van der Waals surface area (Å²) in [5.41, 5.74) is 0.355. The van der Waals surface area contributed by atoms with E-state index in [4.69, 9.17) is 0 Å². The molecule has 1 aromatic heterocycles. The molecule has 0 saturated heterocycles. The Morgan fingerprint density at radius 2 is 2.35 bits per heavy atom. The summed E-state index contributed by atoms with van der Waals surface area (Å²) in [6.45, 7) is 8.92. The van der Waals surface area contributed by atoms with Gasteiger partial charge in [0.1, 0.15) is 5.69 Å². The first-order chi connectivity index (χ1) is 8.13. The molecular formula is C12H18N4O. The van der Waals surface area contributed by atoms with Crippen LogP contribution in [0.15, 0.2) is 24.9 Å². The second kappa shape index (κ2) is 6.62. The number of carbonyl (C=O) groups is 1. The Hall–Kier alpha value is -1.91. The largest absolute Gasteiger partial charge is 0.354 e. The van der Waals surface area contributed by atoms with Gasteiger partial charge in [0.25, 0.3) is 5.91 Å². The molecule has 92 valence electrons. The maximum Gasteiger partial charge on any atom is 0.270 e. The minimum absolute atomic E-state index is 0.222. The lowest BCUT2D eigenvalue weighted by molar-refractivity contribution is 0.0953. The van der Waals surface area contributed by atoms with Crippen molar-refractivity contribution in [1.29, 1.82) is 0 Å². The van der Waals surface area contributed by atoms with E-state index in [0.717, 1.165) is 6.54 Å². The zero-order chi connectivity index (χ0) is 12.7. The number of anilines is 1. The Balaban J connectivity index is 2.64. The number of aromatic nitrogens is 2. The van der Waals surface area contributed by atoms with E-state index in [2.05, 4.69) is 41.0 Å². The molecule has 0 bridgehead atoms. The highest BCUT2D eigenvalue weighted by atomic mass is 16.1. The average molecular weight is 234 g/mol. The van der Waals surface area contributed by atoms with Crippen molar-refractivity contribution >= 4 is 11.9 Å². The third kappa shape index (κ3) is 4.63. The topological polar surface area (TPSA) is 66.9 Å². The third-order valence-electron chi connectivity index (χ3n) is 1.96. The van der Waals surface area contributed by atoms with Gasteiger partial charge in [-0.15, -0.1) is 6.58 Å². The van der Waals surface area contributed by atoms with Crippen molar-refractivity contribution < 1.29 is 4.79 Å². The fraction of sp³-hybridized carbons (Fsp3) is 0.417. The summed E-state index contributed by atoms with van der Waals surface area (Å²) in [6.07, 6.45) is 3.19. The van der Waals surface area contributed by atoms with Crippen LogP contribution in [0.25, 0.3) is 0 Å².